The average Bonchev–Trinajstić information content (AvgIpc) is 1.95. The van der Waals surface area contributed by atoms with Crippen molar-refractivity contribution < 1.29 is 0 Å². The van der Waals surface area contributed by atoms with E-state index in [-0.39, 0.29) is 6.61 Å². The van der Waals surface area contributed by atoms with E-state index < -0.39 is 0 Å². The average molecular weight is 156 g/mol. The van der Waals surface area contributed by atoms with E-state index in [1.165, 1.54) is 0 Å². The van der Waals surface area contributed by atoms with Gasteiger partial charge in [-0.15, -0.1) is 0 Å². The zero-order chi connectivity index (χ0) is 7.40. The molecule has 0 amide bonds. The minimum atomic E-state index is 0.206. The van der Waals surface area contributed by atoms with E-state index in [2.05, 4.69) is 4.54 Å². The summed E-state index contributed by atoms with van der Waals surface area (Å²) in [7, 11) is 0. The van der Waals surface area contributed by atoms with Crippen molar-refractivity contribution in [3.63, 3.8) is 0 Å². The molecule has 0 radical (unpaired) electrons. The molecule has 0 atom stereocenters. The molecule has 0 unspecified atom stereocenters. The van der Waals surface area contributed by atoms with Crippen molar-refractivity contribution in [1.82, 2.24) is 0 Å². The van der Waals surface area contributed by atoms with E-state index in [1.807, 2.05) is 0 Å². The first-order valence-corrected chi connectivity index (χ1v) is 3.21. The van der Waals surface area contributed by atoms with Crippen LogP contribution < -0.4 is 0 Å². The van der Waals surface area contributed by atoms with E-state index in [0.717, 1.165) is 5.56 Å². The van der Waals surface area contributed by atoms with Gasteiger partial charge in [0.15, 0.2) is 0 Å². The Labute approximate surface area is 63.9 Å². The van der Waals surface area contributed by atoms with Crippen molar-refractivity contribution >= 4 is 11.6 Å². The van der Waals surface area contributed by atoms with Crippen LogP contribution in [0.4, 0.5) is 0 Å². The summed E-state index contributed by atoms with van der Waals surface area (Å²) in [4.78, 5) is 0. The van der Waals surface area contributed by atoms with Crippen LogP contribution in [-0.2, 0) is 6.61 Å². The van der Waals surface area contributed by atoms with Crippen molar-refractivity contribution in [2.75, 3.05) is 0 Å². The number of halogens is 1. The van der Waals surface area contributed by atoms with Crippen molar-refractivity contribution in [2.24, 2.45) is 0 Å². The number of hydrogen-bond donors (Lipinski definition) is 0. The minimum Gasteiger partial charge on any atom is -0.325 e. The monoisotopic (exact) mass is 155 g/mol. The van der Waals surface area contributed by atoms with Gasteiger partial charge in [-0.1, -0.05) is 11.6 Å². The molecule has 0 aromatic heterocycles. The molecular weight excluding hydrogens is 150 g/mol. The van der Waals surface area contributed by atoms with Gasteiger partial charge < -0.3 is 10.1 Å². The number of benzene rings is 1. The SMILES string of the molecule is [N-]=[O+]Cc1ccc(Cl)cc1. The summed E-state index contributed by atoms with van der Waals surface area (Å²) in [6, 6.07) is 7.07. The first-order valence-electron chi connectivity index (χ1n) is 2.84. The predicted octanol–water partition coefficient (Wildman–Crippen LogP) is 2.71. The second-order valence-corrected chi connectivity index (χ2v) is 2.34. The van der Waals surface area contributed by atoms with E-state index in [4.69, 9.17) is 17.2 Å². The van der Waals surface area contributed by atoms with Gasteiger partial charge >= 0.3 is 0 Å². The van der Waals surface area contributed by atoms with E-state index in [9.17, 15) is 0 Å². The normalized spacial score (nSPS) is 9.30. The Morgan fingerprint density at radius 3 is 2.40 bits per heavy atom. The van der Waals surface area contributed by atoms with E-state index in [0.29, 0.717) is 5.02 Å². The molecule has 0 aliphatic heterocycles. The molecule has 1 aromatic carbocycles. The highest BCUT2D eigenvalue weighted by Crippen LogP contribution is 2.09. The Hall–Kier alpha value is -0.890. The molecule has 0 aliphatic carbocycles. The van der Waals surface area contributed by atoms with Crippen LogP contribution in [0.5, 0.6) is 0 Å². The van der Waals surface area contributed by atoms with Crippen LogP contribution in [0, 0.1) is 4.54 Å². The lowest BCUT2D eigenvalue weighted by atomic mass is 10.2. The van der Waals surface area contributed by atoms with Crippen molar-refractivity contribution in [3.05, 3.63) is 45.0 Å². The van der Waals surface area contributed by atoms with Crippen LogP contribution in [0.15, 0.2) is 24.3 Å². The zero-order valence-electron chi connectivity index (χ0n) is 5.25. The van der Waals surface area contributed by atoms with Gasteiger partial charge in [0.05, 0.1) is 0 Å². The predicted molar refractivity (Wildman–Crippen MR) is 41.9 cm³/mol. The fourth-order valence-electron chi connectivity index (χ4n) is 0.655. The Balaban J connectivity index is 2.78. The zero-order valence-corrected chi connectivity index (χ0v) is 6.01. The summed E-state index contributed by atoms with van der Waals surface area (Å²) >= 11 is 5.61. The van der Waals surface area contributed by atoms with Crippen molar-refractivity contribution in [1.29, 1.82) is 0 Å². The molecule has 52 valence electrons. The molecule has 10 heavy (non-hydrogen) atoms. The fourth-order valence-corrected chi connectivity index (χ4v) is 0.781. The van der Waals surface area contributed by atoms with Crippen molar-refractivity contribution in [3.8, 4) is 0 Å². The second-order valence-electron chi connectivity index (χ2n) is 1.90. The Morgan fingerprint density at radius 2 is 1.90 bits per heavy atom. The maximum absolute atomic E-state index is 8.06. The van der Waals surface area contributed by atoms with Gasteiger partial charge in [-0.25, -0.2) is 0 Å². The van der Waals surface area contributed by atoms with Crippen LogP contribution in [0.2, 0.25) is 5.02 Å². The number of nitroso groups, excluding NO2 is 1. The van der Waals surface area contributed by atoms with Crippen LogP contribution >= 0.6 is 11.6 Å². The summed E-state index contributed by atoms with van der Waals surface area (Å²) < 4.78 is 3.92. The molecule has 1 aromatic rings. The molecule has 3 heteroatoms. The third kappa shape index (κ3) is 1.81. The highest BCUT2D eigenvalue weighted by Gasteiger charge is 1.93. The molecule has 0 fully saturated rings. The summed E-state index contributed by atoms with van der Waals surface area (Å²) in [5.74, 6) is 0. The fraction of sp³-hybridized carbons (Fsp3) is 0.143. The van der Waals surface area contributed by atoms with Gasteiger partial charge in [-0.05, 0) is 24.3 Å². The smallest absolute Gasteiger partial charge is 0.278 e. The molecule has 2 nitrogen and oxygen atoms in total. The highest BCUT2D eigenvalue weighted by atomic mass is 35.5. The standard InChI is InChI=1S/C7H6ClNO/c8-7-3-1-6(2-4-7)5-10-9/h1-4H,5H2. The van der Waals surface area contributed by atoms with E-state index >= 15 is 0 Å². The number of nitrogens with zero attached hydrogens (tertiary/aromatic N) is 1. The summed E-state index contributed by atoms with van der Waals surface area (Å²) in [5.41, 5.74) is 8.95. The van der Waals surface area contributed by atoms with Crippen molar-refractivity contribution in [2.45, 2.75) is 6.61 Å². The second kappa shape index (κ2) is 3.32. The highest BCUT2D eigenvalue weighted by molar-refractivity contribution is 6.30. The van der Waals surface area contributed by atoms with Gasteiger partial charge in [0, 0.05) is 10.6 Å². The maximum Gasteiger partial charge on any atom is 0.278 e. The molecule has 0 saturated carbocycles. The molecular formula is C7H6ClNO. The third-order valence-electron chi connectivity index (χ3n) is 1.14. The molecule has 0 N–H and O–H groups in total. The summed E-state index contributed by atoms with van der Waals surface area (Å²) in [6.07, 6.45) is 0. The maximum atomic E-state index is 8.06. The molecule has 0 spiro atoms. The molecule has 0 aliphatic rings. The van der Waals surface area contributed by atoms with Gasteiger partial charge in [0.25, 0.3) is 6.61 Å². The van der Waals surface area contributed by atoms with Crippen LogP contribution in [0.3, 0.4) is 0 Å². The number of hydrogen-bond acceptors (Lipinski definition) is 0. The van der Waals surface area contributed by atoms with Crippen LogP contribution in [0.1, 0.15) is 5.56 Å². The Kier molecular flexibility index (Phi) is 2.40. The molecule has 0 heterocycles. The Morgan fingerprint density at radius 1 is 1.30 bits per heavy atom. The topological polar surface area (TPSA) is 33.6 Å². The molecule has 1 rings (SSSR count). The first kappa shape index (κ1) is 7.22. The van der Waals surface area contributed by atoms with Gasteiger partial charge in [0.1, 0.15) is 0 Å². The quantitative estimate of drug-likeness (QED) is 0.589. The summed E-state index contributed by atoms with van der Waals surface area (Å²) in [6.45, 7) is 0.206. The largest absolute Gasteiger partial charge is 0.325 e. The van der Waals surface area contributed by atoms with Gasteiger partial charge in [-0.3, -0.25) is 0 Å². The lowest BCUT2D eigenvalue weighted by molar-refractivity contribution is 1.26. The van der Waals surface area contributed by atoms with E-state index in [1.54, 1.807) is 24.3 Å². The molecule has 0 bridgehead atoms. The third-order valence-corrected chi connectivity index (χ3v) is 1.40. The van der Waals surface area contributed by atoms with Crippen LogP contribution in [0.25, 0.3) is 5.59 Å². The number of rotatable bonds is 2. The minimum absolute atomic E-state index is 0.206. The van der Waals surface area contributed by atoms with Crippen LogP contribution in [-0.4, -0.2) is 0 Å². The van der Waals surface area contributed by atoms with Gasteiger partial charge in [0.2, 0.25) is 0 Å². The lowest BCUT2D eigenvalue weighted by Gasteiger charge is -1.89. The first-order chi connectivity index (χ1) is 4.83. The lowest BCUT2D eigenvalue weighted by Crippen LogP contribution is -1.78. The molecule has 0 saturated heterocycles. The Bertz CT molecular complexity index is 220. The summed E-state index contributed by atoms with van der Waals surface area (Å²) in [5, 5.41) is 0.682. The van der Waals surface area contributed by atoms with Gasteiger partial charge in [-0.2, -0.15) is 0 Å².